The second-order valence-corrected chi connectivity index (χ2v) is 5.77. The Morgan fingerprint density at radius 1 is 1.18 bits per heavy atom. The lowest BCUT2D eigenvalue weighted by atomic mass is 9.94. The van der Waals surface area contributed by atoms with Crippen LogP contribution in [-0.2, 0) is 6.54 Å². The van der Waals surface area contributed by atoms with E-state index in [9.17, 15) is 0 Å². The summed E-state index contributed by atoms with van der Waals surface area (Å²) in [5.41, 5.74) is 1.38. The van der Waals surface area contributed by atoms with Gasteiger partial charge in [-0.1, -0.05) is 28.1 Å². The van der Waals surface area contributed by atoms with Crippen LogP contribution in [0.1, 0.15) is 24.8 Å². The van der Waals surface area contributed by atoms with Gasteiger partial charge in [0.05, 0.1) is 0 Å². The fraction of sp³-hybridized carbons (Fsp3) is 0.571. The van der Waals surface area contributed by atoms with Gasteiger partial charge in [-0.3, -0.25) is 4.90 Å². The van der Waals surface area contributed by atoms with E-state index in [0.29, 0.717) is 6.61 Å². The average Bonchev–Trinajstić information content (AvgIpc) is 2.35. The molecule has 1 fully saturated rings. The highest BCUT2D eigenvalue weighted by Gasteiger charge is 2.18. The number of nitrogens with zero attached hydrogens (tertiary/aromatic N) is 1. The van der Waals surface area contributed by atoms with Gasteiger partial charge in [0.15, 0.2) is 0 Å². The highest BCUT2D eigenvalue weighted by Crippen LogP contribution is 2.21. The van der Waals surface area contributed by atoms with Crippen molar-refractivity contribution in [3.63, 3.8) is 0 Å². The van der Waals surface area contributed by atoms with Crippen LogP contribution in [0.15, 0.2) is 28.7 Å². The van der Waals surface area contributed by atoms with Gasteiger partial charge in [0.2, 0.25) is 0 Å². The first-order valence-electron chi connectivity index (χ1n) is 6.35. The number of likely N-dealkylation sites (tertiary alicyclic amines) is 1. The Labute approximate surface area is 112 Å². The van der Waals surface area contributed by atoms with Gasteiger partial charge in [-0.2, -0.15) is 0 Å². The number of rotatable bonds is 4. The van der Waals surface area contributed by atoms with Gasteiger partial charge in [-0.05, 0) is 56.0 Å². The van der Waals surface area contributed by atoms with Gasteiger partial charge < -0.3 is 5.11 Å². The van der Waals surface area contributed by atoms with E-state index in [2.05, 4.69) is 45.1 Å². The maximum absolute atomic E-state index is 8.93. The molecule has 1 aliphatic rings. The van der Waals surface area contributed by atoms with Crippen molar-refractivity contribution in [1.82, 2.24) is 4.90 Å². The Kier molecular flexibility index (Phi) is 5.01. The molecule has 0 aromatic heterocycles. The Morgan fingerprint density at radius 2 is 1.82 bits per heavy atom. The third-order valence-electron chi connectivity index (χ3n) is 3.56. The van der Waals surface area contributed by atoms with Gasteiger partial charge in [0.1, 0.15) is 0 Å². The zero-order valence-corrected chi connectivity index (χ0v) is 11.7. The Bertz CT molecular complexity index is 331. The first-order valence-corrected chi connectivity index (χ1v) is 7.15. The zero-order valence-electron chi connectivity index (χ0n) is 10.1. The molecule has 1 aromatic rings. The predicted molar refractivity (Wildman–Crippen MR) is 73.8 cm³/mol. The molecule has 17 heavy (non-hydrogen) atoms. The lowest BCUT2D eigenvalue weighted by Gasteiger charge is -2.31. The topological polar surface area (TPSA) is 23.5 Å². The fourth-order valence-electron chi connectivity index (χ4n) is 2.46. The van der Waals surface area contributed by atoms with E-state index >= 15 is 0 Å². The second kappa shape index (κ2) is 6.53. The number of benzene rings is 1. The Morgan fingerprint density at radius 3 is 2.41 bits per heavy atom. The highest BCUT2D eigenvalue weighted by atomic mass is 79.9. The molecule has 1 aromatic carbocycles. The molecule has 2 nitrogen and oxygen atoms in total. The van der Waals surface area contributed by atoms with Crippen molar-refractivity contribution in [2.24, 2.45) is 5.92 Å². The van der Waals surface area contributed by atoms with Crippen molar-refractivity contribution in [1.29, 1.82) is 0 Å². The van der Waals surface area contributed by atoms with Gasteiger partial charge >= 0.3 is 0 Å². The minimum Gasteiger partial charge on any atom is -0.396 e. The summed E-state index contributed by atoms with van der Waals surface area (Å²) < 4.78 is 1.14. The van der Waals surface area contributed by atoms with Crippen molar-refractivity contribution in [2.45, 2.75) is 25.8 Å². The predicted octanol–water partition coefficient (Wildman–Crippen LogP) is 3.04. The molecule has 0 spiro atoms. The van der Waals surface area contributed by atoms with E-state index < -0.39 is 0 Å². The van der Waals surface area contributed by atoms with Crippen LogP contribution in [0.3, 0.4) is 0 Å². The normalized spacial score (nSPS) is 18.5. The molecule has 1 saturated heterocycles. The quantitative estimate of drug-likeness (QED) is 0.923. The summed E-state index contributed by atoms with van der Waals surface area (Å²) in [4.78, 5) is 2.51. The molecule has 94 valence electrons. The first-order chi connectivity index (χ1) is 8.28. The maximum Gasteiger partial charge on any atom is 0.0433 e. The third-order valence-corrected chi connectivity index (χ3v) is 4.09. The number of hydrogen-bond donors (Lipinski definition) is 1. The second-order valence-electron chi connectivity index (χ2n) is 4.86. The Balaban J connectivity index is 1.79. The zero-order chi connectivity index (χ0) is 12.1. The van der Waals surface area contributed by atoms with E-state index in [-0.39, 0.29) is 0 Å². The van der Waals surface area contributed by atoms with Crippen LogP contribution in [0.2, 0.25) is 0 Å². The molecule has 1 aliphatic heterocycles. The first kappa shape index (κ1) is 13.1. The van der Waals surface area contributed by atoms with Crippen LogP contribution >= 0.6 is 15.9 Å². The van der Waals surface area contributed by atoms with E-state index in [1.165, 1.54) is 31.5 Å². The van der Waals surface area contributed by atoms with Gasteiger partial charge in [-0.15, -0.1) is 0 Å². The van der Waals surface area contributed by atoms with Crippen molar-refractivity contribution in [3.05, 3.63) is 34.3 Å². The molecule has 0 radical (unpaired) electrons. The maximum atomic E-state index is 8.93. The third kappa shape index (κ3) is 4.09. The summed E-state index contributed by atoms with van der Waals surface area (Å²) >= 11 is 3.46. The molecule has 0 saturated carbocycles. The van der Waals surface area contributed by atoms with E-state index in [1.54, 1.807) is 0 Å². The molecule has 0 amide bonds. The smallest absolute Gasteiger partial charge is 0.0433 e. The van der Waals surface area contributed by atoms with E-state index in [1.807, 2.05) is 0 Å². The number of aliphatic hydroxyl groups is 1. The molecule has 0 aliphatic carbocycles. The van der Waals surface area contributed by atoms with Crippen LogP contribution in [0.4, 0.5) is 0 Å². The molecule has 1 N–H and O–H groups in total. The van der Waals surface area contributed by atoms with Gasteiger partial charge in [0, 0.05) is 17.6 Å². The number of hydrogen-bond acceptors (Lipinski definition) is 2. The average molecular weight is 298 g/mol. The fourth-order valence-corrected chi connectivity index (χ4v) is 2.73. The van der Waals surface area contributed by atoms with Crippen LogP contribution in [0.25, 0.3) is 0 Å². The van der Waals surface area contributed by atoms with Gasteiger partial charge in [-0.25, -0.2) is 0 Å². The van der Waals surface area contributed by atoms with E-state index in [4.69, 9.17) is 5.11 Å². The molecule has 0 bridgehead atoms. The summed E-state index contributed by atoms with van der Waals surface area (Å²) in [7, 11) is 0. The van der Waals surface area contributed by atoms with E-state index in [0.717, 1.165) is 23.4 Å². The Hall–Kier alpha value is -0.380. The molecular formula is C14H20BrNO. The van der Waals surface area contributed by atoms with Crippen molar-refractivity contribution < 1.29 is 5.11 Å². The van der Waals surface area contributed by atoms with Crippen LogP contribution in [0, 0.1) is 5.92 Å². The minimum absolute atomic E-state index is 0.345. The standard InChI is InChI=1S/C14H20BrNO/c15-14-3-1-13(2-4-14)11-16-8-5-12(6-9-16)7-10-17/h1-4,12,17H,5-11H2. The summed E-state index contributed by atoms with van der Waals surface area (Å²) in [5.74, 6) is 0.737. The summed E-state index contributed by atoms with van der Waals surface area (Å²) in [6.45, 7) is 3.73. The minimum atomic E-state index is 0.345. The number of piperidine rings is 1. The largest absolute Gasteiger partial charge is 0.396 e. The lowest BCUT2D eigenvalue weighted by molar-refractivity contribution is 0.153. The molecule has 0 atom stereocenters. The number of halogens is 1. The highest BCUT2D eigenvalue weighted by molar-refractivity contribution is 9.10. The molecule has 2 rings (SSSR count). The summed E-state index contributed by atoms with van der Waals surface area (Å²) in [6, 6.07) is 8.58. The molecule has 3 heteroatoms. The SMILES string of the molecule is OCCC1CCN(Cc2ccc(Br)cc2)CC1. The van der Waals surface area contributed by atoms with Crippen molar-refractivity contribution >= 4 is 15.9 Å². The monoisotopic (exact) mass is 297 g/mol. The van der Waals surface area contributed by atoms with Crippen LogP contribution in [0.5, 0.6) is 0 Å². The summed E-state index contributed by atoms with van der Waals surface area (Å²) in [6.07, 6.45) is 3.44. The molecule has 1 heterocycles. The summed E-state index contributed by atoms with van der Waals surface area (Å²) in [5, 5.41) is 8.93. The van der Waals surface area contributed by atoms with Crippen molar-refractivity contribution in [2.75, 3.05) is 19.7 Å². The van der Waals surface area contributed by atoms with Crippen molar-refractivity contribution in [3.8, 4) is 0 Å². The molecular weight excluding hydrogens is 278 g/mol. The number of aliphatic hydroxyl groups excluding tert-OH is 1. The molecule has 0 unspecified atom stereocenters. The van der Waals surface area contributed by atoms with Crippen LogP contribution in [-0.4, -0.2) is 29.7 Å². The lowest BCUT2D eigenvalue weighted by Crippen LogP contribution is -2.33. The van der Waals surface area contributed by atoms with Crippen LogP contribution < -0.4 is 0 Å². The van der Waals surface area contributed by atoms with Gasteiger partial charge in [0.25, 0.3) is 0 Å².